The van der Waals surface area contributed by atoms with Gasteiger partial charge in [-0.15, -0.1) is 0 Å². The molecule has 94 valence electrons. The van der Waals surface area contributed by atoms with Crippen LogP contribution in [0.1, 0.15) is 43.4 Å². The fraction of sp³-hybridized carbons (Fsp3) is 0.643. The first-order chi connectivity index (χ1) is 8.20. The number of pyridine rings is 1. The number of ether oxygens (including phenoxy) is 1. The first-order valence-electron chi connectivity index (χ1n) is 6.48. The predicted octanol–water partition coefficient (Wildman–Crippen LogP) is 2.60. The molecule has 1 atom stereocenters. The number of nitrogens with two attached hydrogens (primary N) is 1. The SMILES string of the molecule is CCOC1CC(CC(N)c2cnccc2C)C1. The van der Waals surface area contributed by atoms with E-state index in [9.17, 15) is 0 Å². The lowest BCUT2D eigenvalue weighted by atomic mass is 9.77. The zero-order chi connectivity index (χ0) is 12.3. The van der Waals surface area contributed by atoms with Gasteiger partial charge in [0.25, 0.3) is 0 Å². The normalized spacial score (nSPS) is 25.4. The molecule has 3 nitrogen and oxygen atoms in total. The maximum atomic E-state index is 6.24. The second-order valence-electron chi connectivity index (χ2n) is 4.99. The molecule has 0 saturated heterocycles. The van der Waals surface area contributed by atoms with Gasteiger partial charge in [-0.1, -0.05) is 0 Å². The van der Waals surface area contributed by atoms with E-state index in [2.05, 4.69) is 18.8 Å². The predicted molar refractivity (Wildman–Crippen MR) is 68.7 cm³/mol. The lowest BCUT2D eigenvalue weighted by Gasteiger charge is -2.36. The molecular weight excluding hydrogens is 212 g/mol. The standard InChI is InChI=1S/C14H22N2O/c1-3-17-12-6-11(7-12)8-14(15)13-9-16-5-4-10(13)2/h4-5,9,11-12,14H,3,6-8,15H2,1-2H3. The van der Waals surface area contributed by atoms with E-state index in [-0.39, 0.29) is 6.04 Å². The molecule has 17 heavy (non-hydrogen) atoms. The van der Waals surface area contributed by atoms with Gasteiger partial charge in [-0.25, -0.2) is 0 Å². The Labute approximate surface area is 103 Å². The summed E-state index contributed by atoms with van der Waals surface area (Å²) in [6, 6.07) is 2.15. The van der Waals surface area contributed by atoms with Crippen LogP contribution in [0.25, 0.3) is 0 Å². The Hall–Kier alpha value is -0.930. The summed E-state index contributed by atoms with van der Waals surface area (Å²) in [5.41, 5.74) is 8.68. The Morgan fingerprint density at radius 3 is 2.94 bits per heavy atom. The van der Waals surface area contributed by atoms with Crippen molar-refractivity contribution in [2.45, 2.75) is 45.3 Å². The Kier molecular flexibility index (Phi) is 4.13. The molecule has 0 spiro atoms. The quantitative estimate of drug-likeness (QED) is 0.852. The topological polar surface area (TPSA) is 48.1 Å². The van der Waals surface area contributed by atoms with E-state index in [0.717, 1.165) is 18.9 Å². The minimum atomic E-state index is 0.122. The van der Waals surface area contributed by atoms with E-state index in [1.807, 2.05) is 18.5 Å². The van der Waals surface area contributed by atoms with Crippen molar-refractivity contribution >= 4 is 0 Å². The molecule has 2 N–H and O–H groups in total. The first kappa shape index (κ1) is 12.5. The van der Waals surface area contributed by atoms with Crippen molar-refractivity contribution < 1.29 is 4.74 Å². The first-order valence-corrected chi connectivity index (χ1v) is 6.48. The van der Waals surface area contributed by atoms with E-state index in [4.69, 9.17) is 10.5 Å². The molecule has 1 aromatic heterocycles. The number of hydrogen-bond donors (Lipinski definition) is 1. The van der Waals surface area contributed by atoms with Crippen LogP contribution in [0.5, 0.6) is 0 Å². The highest BCUT2D eigenvalue weighted by atomic mass is 16.5. The monoisotopic (exact) mass is 234 g/mol. The van der Waals surface area contributed by atoms with Crippen LogP contribution in [0, 0.1) is 12.8 Å². The van der Waals surface area contributed by atoms with Gasteiger partial charge in [0.05, 0.1) is 6.10 Å². The molecule has 1 aliphatic carbocycles. The van der Waals surface area contributed by atoms with Crippen molar-refractivity contribution in [3.05, 3.63) is 29.6 Å². The van der Waals surface area contributed by atoms with E-state index >= 15 is 0 Å². The molecule has 1 unspecified atom stereocenters. The fourth-order valence-corrected chi connectivity index (χ4v) is 2.59. The van der Waals surface area contributed by atoms with E-state index in [0.29, 0.717) is 6.10 Å². The Morgan fingerprint density at radius 1 is 1.53 bits per heavy atom. The third kappa shape index (κ3) is 3.05. The number of aryl methyl sites for hydroxylation is 1. The summed E-state index contributed by atoms with van der Waals surface area (Å²) in [5.74, 6) is 0.723. The van der Waals surface area contributed by atoms with Crippen molar-refractivity contribution in [3.8, 4) is 0 Å². The summed E-state index contributed by atoms with van der Waals surface area (Å²) in [7, 11) is 0. The van der Waals surface area contributed by atoms with Crippen LogP contribution >= 0.6 is 0 Å². The van der Waals surface area contributed by atoms with Gasteiger partial charge >= 0.3 is 0 Å². The third-order valence-electron chi connectivity index (χ3n) is 3.66. The van der Waals surface area contributed by atoms with Crippen molar-refractivity contribution in [2.24, 2.45) is 11.7 Å². The van der Waals surface area contributed by atoms with Crippen molar-refractivity contribution in [2.75, 3.05) is 6.61 Å². The molecule has 1 aromatic rings. The maximum Gasteiger partial charge on any atom is 0.0580 e. The summed E-state index contributed by atoms with van der Waals surface area (Å²) in [6.45, 7) is 4.98. The minimum Gasteiger partial charge on any atom is -0.378 e. The number of aromatic nitrogens is 1. The fourth-order valence-electron chi connectivity index (χ4n) is 2.59. The highest BCUT2D eigenvalue weighted by molar-refractivity contribution is 5.24. The second kappa shape index (κ2) is 5.61. The molecule has 1 heterocycles. The molecule has 2 rings (SSSR count). The van der Waals surface area contributed by atoms with Crippen LogP contribution < -0.4 is 5.73 Å². The lowest BCUT2D eigenvalue weighted by molar-refractivity contribution is -0.0282. The summed E-state index contributed by atoms with van der Waals surface area (Å²) < 4.78 is 5.57. The molecule has 0 aliphatic heterocycles. The zero-order valence-corrected chi connectivity index (χ0v) is 10.7. The molecule has 3 heteroatoms. The number of rotatable bonds is 5. The van der Waals surface area contributed by atoms with Gasteiger partial charge < -0.3 is 10.5 Å². The van der Waals surface area contributed by atoms with Gasteiger partial charge in [0.2, 0.25) is 0 Å². The number of nitrogens with zero attached hydrogens (tertiary/aromatic N) is 1. The van der Waals surface area contributed by atoms with Gasteiger partial charge in [-0.2, -0.15) is 0 Å². The minimum absolute atomic E-state index is 0.122. The average molecular weight is 234 g/mol. The van der Waals surface area contributed by atoms with Gasteiger partial charge in [0, 0.05) is 25.0 Å². The smallest absolute Gasteiger partial charge is 0.0580 e. The maximum absolute atomic E-state index is 6.24. The average Bonchev–Trinajstić information content (AvgIpc) is 2.26. The third-order valence-corrected chi connectivity index (χ3v) is 3.66. The van der Waals surface area contributed by atoms with Crippen molar-refractivity contribution in [3.63, 3.8) is 0 Å². The summed E-state index contributed by atoms with van der Waals surface area (Å²) in [4.78, 5) is 4.16. The molecule has 1 aliphatic rings. The molecule has 0 bridgehead atoms. The highest BCUT2D eigenvalue weighted by Crippen LogP contribution is 2.36. The van der Waals surface area contributed by atoms with Crippen LogP contribution in [0.4, 0.5) is 0 Å². The van der Waals surface area contributed by atoms with E-state index in [1.54, 1.807) is 0 Å². The van der Waals surface area contributed by atoms with E-state index in [1.165, 1.54) is 24.0 Å². The van der Waals surface area contributed by atoms with Crippen LogP contribution in [-0.4, -0.2) is 17.7 Å². The molecule has 0 aromatic carbocycles. The molecule has 0 amide bonds. The van der Waals surface area contributed by atoms with Gasteiger partial charge in [0.15, 0.2) is 0 Å². The second-order valence-corrected chi connectivity index (χ2v) is 4.99. The summed E-state index contributed by atoms with van der Waals surface area (Å²) in [5, 5.41) is 0. The van der Waals surface area contributed by atoms with Gasteiger partial charge in [-0.3, -0.25) is 4.98 Å². The molecule has 1 saturated carbocycles. The van der Waals surface area contributed by atoms with Crippen molar-refractivity contribution in [1.29, 1.82) is 0 Å². The Morgan fingerprint density at radius 2 is 2.29 bits per heavy atom. The molecule has 1 fully saturated rings. The molecule has 0 radical (unpaired) electrons. The van der Waals surface area contributed by atoms with Gasteiger partial charge in [0.1, 0.15) is 0 Å². The van der Waals surface area contributed by atoms with Crippen LogP contribution in [0.15, 0.2) is 18.5 Å². The van der Waals surface area contributed by atoms with Crippen LogP contribution in [-0.2, 0) is 4.74 Å². The summed E-state index contributed by atoms with van der Waals surface area (Å²) >= 11 is 0. The largest absolute Gasteiger partial charge is 0.378 e. The number of hydrogen-bond acceptors (Lipinski definition) is 3. The summed E-state index contributed by atoms with van der Waals surface area (Å²) in [6.07, 6.45) is 7.59. The molecular formula is C14H22N2O. The van der Waals surface area contributed by atoms with Crippen LogP contribution in [0.3, 0.4) is 0 Å². The Balaban J connectivity index is 1.83. The van der Waals surface area contributed by atoms with E-state index < -0.39 is 0 Å². The van der Waals surface area contributed by atoms with Gasteiger partial charge in [-0.05, 0) is 56.2 Å². The van der Waals surface area contributed by atoms with Crippen LogP contribution in [0.2, 0.25) is 0 Å². The Bertz CT molecular complexity index is 361. The zero-order valence-electron chi connectivity index (χ0n) is 10.7. The lowest BCUT2D eigenvalue weighted by Crippen LogP contribution is -2.33. The highest BCUT2D eigenvalue weighted by Gasteiger charge is 2.31. The van der Waals surface area contributed by atoms with Crippen molar-refractivity contribution in [1.82, 2.24) is 4.98 Å².